The standard InChI is InChI=1S/C15H19N5O2S/c1-2-20-8-10(7-12(20)21)14(22)17-5-4-16-13-11-3-6-23-15(11)19-9-18-13/h3,6,9-10H,2,4-5,7-8H2,1H3,(H,17,22)(H,16,18,19). The van der Waals surface area contributed by atoms with Crippen molar-refractivity contribution in [1.29, 1.82) is 0 Å². The van der Waals surface area contributed by atoms with Gasteiger partial charge in [0.15, 0.2) is 0 Å². The molecular weight excluding hydrogens is 314 g/mol. The molecule has 3 heterocycles. The van der Waals surface area contributed by atoms with Crippen LogP contribution in [-0.2, 0) is 9.59 Å². The van der Waals surface area contributed by atoms with Crippen LogP contribution in [0.2, 0.25) is 0 Å². The summed E-state index contributed by atoms with van der Waals surface area (Å²) in [7, 11) is 0. The van der Waals surface area contributed by atoms with Crippen molar-refractivity contribution in [3.8, 4) is 0 Å². The van der Waals surface area contributed by atoms with Crippen molar-refractivity contribution in [1.82, 2.24) is 20.2 Å². The molecule has 2 aromatic rings. The number of carbonyl (C=O) groups excluding carboxylic acids is 2. The summed E-state index contributed by atoms with van der Waals surface area (Å²) >= 11 is 1.57. The fraction of sp³-hybridized carbons (Fsp3) is 0.467. The van der Waals surface area contributed by atoms with Crippen molar-refractivity contribution in [2.75, 3.05) is 31.5 Å². The van der Waals surface area contributed by atoms with Gasteiger partial charge in [0.1, 0.15) is 17.0 Å². The monoisotopic (exact) mass is 333 g/mol. The van der Waals surface area contributed by atoms with E-state index in [1.165, 1.54) is 6.33 Å². The molecule has 2 N–H and O–H groups in total. The third-order valence-electron chi connectivity index (χ3n) is 3.95. The Kier molecular flexibility index (Phi) is 4.71. The van der Waals surface area contributed by atoms with Gasteiger partial charge in [0.25, 0.3) is 0 Å². The van der Waals surface area contributed by atoms with E-state index in [0.29, 0.717) is 32.6 Å². The Bertz CT molecular complexity index is 717. The molecule has 0 spiro atoms. The summed E-state index contributed by atoms with van der Waals surface area (Å²) in [6, 6.07) is 1.98. The van der Waals surface area contributed by atoms with Crippen LogP contribution in [0.5, 0.6) is 0 Å². The average Bonchev–Trinajstić information content (AvgIpc) is 3.17. The van der Waals surface area contributed by atoms with E-state index >= 15 is 0 Å². The second kappa shape index (κ2) is 6.91. The number of anilines is 1. The number of aromatic nitrogens is 2. The van der Waals surface area contributed by atoms with Gasteiger partial charge in [-0.3, -0.25) is 9.59 Å². The topological polar surface area (TPSA) is 87.2 Å². The molecule has 7 nitrogen and oxygen atoms in total. The normalized spacial score (nSPS) is 17.7. The van der Waals surface area contributed by atoms with Crippen LogP contribution in [0.1, 0.15) is 13.3 Å². The van der Waals surface area contributed by atoms with Gasteiger partial charge in [-0.2, -0.15) is 0 Å². The lowest BCUT2D eigenvalue weighted by molar-refractivity contribution is -0.128. The maximum Gasteiger partial charge on any atom is 0.225 e. The van der Waals surface area contributed by atoms with Crippen molar-refractivity contribution >= 4 is 39.2 Å². The predicted molar refractivity (Wildman–Crippen MR) is 89.3 cm³/mol. The van der Waals surface area contributed by atoms with Crippen molar-refractivity contribution in [2.24, 2.45) is 5.92 Å². The Hall–Kier alpha value is -2.22. The average molecular weight is 333 g/mol. The molecule has 3 rings (SSSR count). The number of nitrogens with zero attached hydrogens (tertiary/aromatic N) is 3. The second-order valence-corrected chi connectivity index (χ2v) is 6.31. The number of carbonyl (C=O) groups is 2. The maximum absolute atomic E-state index is 12.1. The molecule has 0 aromatic carbocycles. The van der Waals surface area contributed by atoms with E-state index in [-0.39, 0.29) is 17.7 Å². The highest BCUT2D eigenvalue weighted by atomic mass is 32.1. The highest BCUT2D eigenvalue weighted by Gasteiger charge is 2.32. The van der Waals surface area contributed by atoms with Crippen molar-refractivity contribution < 1.29 is 9.59 Å². The van der Waals surface area contributed by atoms with Gasteiger partial charge in [0.2, 0.25) is 11.8 Å². The number of amides is 2. The van der Waals surface area contributed by atoms with Gasteiger partial charge in [-0.1, -0.05) is 0 Å². The highest BCUT2D eigenvalue weighted by Crippen LogP contribution is 2.23. The first-order chi connectivity index (χ1) is 11.2. The molecule has 1 unspecified atom stereocenters. The molecule has 1 aliphatic heterocycles. The zero-order chi connectivity index (χ0) is 16.2. The largest absolute Gasteiger partial charge is 0.368 e. The van der Waals surface area contributed by atoms with E-state index < -0.39 is 0 Å². The summed E-state index contributed by atoms with van der Waals surface area (Å²) in [5.41, 5.74) is 0. The first kappa shape index (κ1) is 15.7. The summed E-state index contributed by atoms with van der Waals surface area (Å²) in [6.45, 7) is 4.18. The lowest BCUT2D eigenvalue weighted by atomic mass is 10.1. The van der Waals surface area contributed by atoms with Crippen molar-refractivity contribution in [3.05, 3.63) is 17.8 Å². The zero-order valence-corrected chi connectivity index (χ0v) is 13.7. The Balaban J connectivity index is 1.46. The van der Waals surface area contributed by atoms with E-state index in [0.717, 1.165) is 16.0 Å². The lowest BCUT2D eigenvalue weighted by Crippen LogP contribution is -2.35. The van der Waals surface area contributed by atoms with Gasteiger partial charge in [-0.05, 0) is 18.4 Å². The van der Waals surface area contributed by atoms with Crippen LogP contribution in [0.4, 0.5) is 5.82 Å². The summed E-state index contributed by atoms with van der Waals surface area (Å²) < 4.78 is 0. The second-order valence-electron chi connectivity index (χ2n) is 5.41. The molecule has 23 heavy (non-hydrogen) atoms. The van der Waals surface area contributed by atoms with Crippen LogP contribution < -0.4 is 10.6 Å². The Labute approximate surface area is 138 Å². The van der Waals surface area contributed by atoms with Crippen LogP contribution in [0.3, 0.4) is 0 Å². The molecule has 1 saturated heterocycles. The summed E-state index contributed by atoms with van der Waals surface area (Å²) in [5, 5.41) is 9.06. The maximum atomic E-state index is 12.1. The molecular formula is C15H19N5O2S. The van der Waals surface area contributed by atoms with E-state index in [4.69, 9.17) is 0 Å². The van der Waals surface area contributed by atoms with E-state index in [1.807, 2.05) is 18.4 Å². The van der Waals surface area contributed by atoms with E-state index in [2.05, 4.69) is 20.6 Å². The summed E-state index contributed by atoms with van der Waals surface area (Å²) in [4.78, 5) is 34.8. The molecule has 2 aromatic heterocycles. The molecule has 0 saturated carbocycles. The number of likely N-dealkylation sites (tertiary alicyclic amines) is 1. The predicted octanol–water partition coefficient (Wildman–Crippen LogP) is 1.09. The smallest absolute Gasteiger partial charge is 0.225 e. The lowest BCUT2D eigenvalue weighted by Gasteiger charge is -2.14. The molecule has 1 fully saturated rings. The minimum Gasteiger partial charge on any atom is -0.368 e. The van der Waals surface area contributed by atoms with E-state index in [9.17, 15) is 9.59 Å². The van der Waals surface area contributed by atoms with Gasteiger partial charge in [0.05, 0.1) is 11.3 Å². The number of hydrogen-bond acceptors (Lipinski definition) is 6. The van der Waals surface area contributed by atoms with Gasteiger partial charge in [0, 0.05) is 32.6 Å². The van der Waals surface area contributed by atoms with Gasteiger partial charge < -0.3 is 15.5 Å². The molecule has 122 valence electrons. The molecule has 2 amide bonds. The molecule has 1 aliphatic rings. The molecule has 0 radical (unpaired) electrons. The minimum atomic E-state index is -0.231. The number of hydrogen-bond donors (Lipinski definition) is 2. The van der Waals surface area contributed by atoms with Gasteiger partial charge in [-0.25, -0.2) is 9.97 Å². The summed E-state index contributed by atoms with van der Waals surface area (Å²) in [6.07, 6.45) is 1.85. The number of rotatable bonds is 6. The minimum absolute atomic E-state index is 0.0560. The van der Waals surface area contributed by atoms with Crippen molar-refractivity contribution in [2.45, 2.75) is 13.3 Å². The van der Waals surface area contributed by atoms with Crippen molar-refractivity contribution in [3.63, 3.8) is 0 Å². The quantitative estimate of drug-likeness (QED) is 0.773. The number of thiophene rings is 1. The zero-order valence-electron chi connectivity index (χ0n) is 12.9. The number of nitrogens with one attached hydrogen (secondary N) is 2. The highest BCUT2D eigenvalue weighted by molar-refractivity contribution is 7.16. The molecule has 0 bridgehead atoms. The molecule has 1 atom stereocenters. The Morgan fingerprint density at radius 2 is 2.30 bits per heavy atom. The Morgan fingerprint density at radius 1 is 1.43 bits per heavy atom. The molecule has 8 heteroatoms. The van der Waals surface area contributed by atoms with Crippen LogP contribution in [0, 0.1) is 5.92 Å². The first-order valence-electron chi connectivity index (χ1n) is 7.66. The van der Waals surface area contributed by atoms with Crippen LogP contribution >= 0.6 is 11.3 Å². The van der Waals surface area contributed by atoms with Gasteiger partial charge >= 0.3 is 0 Å². The third-order valence-corrected chi connectivity index (χ3v) is 4.77. The first-order valence-corrected chi connectivity index (χ1v) is 8.54. The SMILES string of the molecule is CCN1CC(C(=O)NCCNc2ncnc3sccc23)CC1=O. The van der Waals surface area contributed by atoms with Crippen LogP contribution in [0.25, 0.3) is 10.2 Å². The summed E-state index contributed by atoms with van der Waals surface area (Å²) in [5.74, 6) is 0.551. The third kappa shape index (κ3) is 3.42. The fourth-order valence-electron chi connectivity index (χ4n) is 2.70. The molecule has 0 aliphatic carbocycles. The number of fused-ring (bicyclic) bond motifs is 1. The van der Waals surface area contributed by atoms with Crippen LogP contribution in [0.15, 0.2) is 17.8 Å². The van der Waals surface area contributed by atoms with Crippen LogP contribution in [-0.4, -0.2) is 52.9 Å². The Morgan fingerprint density at radius 3 is 3.09 bits per heavy atom. The fourth-order valence-corrected chi connectivity index (χ4v) is 3.43. The van der Waals surface area contributed by atoms with Gasteiger partial charge in [-0.15, -0.1) is 11.3 Å². The van der Waals surface area contributed by atoms with E-state index in [1.54, 1.807) is 16.2 Å².